The highest BCUT2D eigenvalue weighted by atomic mass is 16.5. The van der Waals surface area contributed by atoms with Gasteiger partial charge in [-0.2, -0.15) is 0 Å². The average molecular weight is 780 g/mol. The molecule has 1 heterocycles. The van der Waals surface area contributed by atoms with Crippen molar-refractivity contribution in [1.29, 1.82) is 0 Å². The molecule has 5 N–H and O–H groups in total. The highest BCUT2D eigenvalue weighted by molar-refractivity contribution is 5.87. The fourth-order valence-electron chi connectivity index (χ4n) is 6.88. The van der Waals surface area contributed by atoms with E-state index in [-0.39, 0.29) is 19.4 Å². The number of benzene rings is 3. The van der Waals surface area contributed by atoms with Gasteiger partial charge in [0.25, 0.3) is 0 Å². The van der Waals surface area contributed by atoms with Crippen molar-refractivity contribution in [3.05, 3.63) is 126 Å². The molecule has 4 amide bonds. The van der Waals surface area contributed by atoms with E-state index in [1.807, 2.05) is 112 Å². The highest BCUT2D eigenvalue weighted by Gasteiger charge is 2.41. The average Bonchev–Trinajstić information content (AvgIpc) is 3.16. The highest BCUT2D eigenvalue weighted by Crippen LogP contribution is 2.28. The Morgan fingerprint density at radius 2 is 1.28 bits per heavy atom. The molecule has 3 aromatic carbocycles. The van der Waals surface area contributed by atoms with E-state index < -0.39 is 65.1 Å². The van der Waals surface area contributed by atoms with Gasteiger partial charge < -0.3 is 30.9 Å². The lowest BCUT2D eigenvalue weighted by atomic mass is 9.84. The normalized spacial score (nSPS) is 14.2. The predicted molar refractivity (Wildman–Crippen MR) is 220 cm³/mol. The first-order valence-corrected chi connectivity index (χ1v) is 19.2. The number of pyridine rings is 1. The van der Waals surface area contributed by atoms with Crippen molar-refractivity contribution in [2.75, 3.05) is 7.11 Å². The molecule has 12 heteroatoms. The van der Waals surface area contributed by atoms with Gasteiger partial charge in [0, 0.05) is 24.3 Å². The molecule has 0 aliphatic heterocycles. The minimum absolute atomic E-state index is 0.00739. The summed E-state index contributed by atoms with van der Waals surface area (Å²) in [4.78, 5) is 59.0. The van der Waals surface area contributed by atoms with Gasteiger partial charge in [-0.05, 0) is 58.9 Å². The summed E-state index contributed by atoms with van der Waals surface area (Å²) in [5.41, 5.74) is 2.63. The lowest BCUT2D eigenvalue weighted by Crippen LogP contribution is -2.59. The Hall–Kier alpha value is -5.75. The van der Waals surface area contributed by atoms with Crippen molar-refractivity contribution in [2.45, 2.75) is 97.6 Å². The van der Waals surface area contributed by atoms with Crippen molar-refractivity contribution in [3.63, 3.8) is 0 Å². The van der Waals surface area contributed by atoms with Crippen LogP contribution in [0.25, 0.3) is 11.3 Å². The molecule has 0 saturated carbocycles. The van der Waals surface area contributed by atoms with Gasteiger partial charge in [0.15, 0.2) is 0 Å². The SMILES string of the molecule is COC(=O)N[C@H](C(=O)N[C@@H](Cc1ccc(-c2ccccn2)cc1)C[C@H](O)[C@H](Cc1ccccc1)NC(=O)[C@@H](N(Cc1ccccc1)C(=O)O)C(C)(C)C)C(C)(C)C. The number of aromatic nitrogens is 1. The Kier molecular flexibility index (Phi) is 15.4. The maximum atomic E-state index is 14.4. The topological polar surface area (TPSA) is 170 Å². The van der Waals surface area contributed by atoms with E-state index in [0.717, 1.165) is 32.8 Å². The van der Waals surface area contributed by atoms with Crippen LogP contribution in [-0.4, -0.2) is 81.5 Å². The molecule has 0 spiro atoms. The van der Waals surface area contributed by atoms with Crippen LogP contribution in [0.2, 0.25) is 0 Å². The number of nitrogens with one attached hydrogen (secondary N) is 3. The molecule has 0 fully saturated rings. The third kappa shape index (κ3) is 13.2. The number of aliphatic hydroxyl groups is 1. The first-order chi connectivity index (χ1) is 27.0. The van der Waals surface area contributed by atoms with Crippen molar-refractivity contribution >= 4 is 24.0 Å². The number of carbonyl (C=O) groups is 4. The monoisotopic (exact) mass is 779 g/mol. The number of amides is 4. The summed E-state index contributed by atoms with van der Waals surface area (Å²) in [6.07, 6.45) is -0.949. The number of ether oxygens (including phenoxy) is 1. The third-order valence-corrected chi connectivity index (χ3v) is 9.76. The molecule has 4 aromatic rings. The van der Waals surface area contributed by atoms with Gasteiger partial charge in [0.2, 0.25) is 11.8 Å². The smallest absolute Gasteiger partial charge is 0.408 e. The lowest BCUT2D eigenvalue weighted by Gasteiger charge is -2.39. The first kappa shape index (κ1) is 44.0. The number of nitrogens with zero attached hydrogens (tertiary/aromatic N) is 2. The largest absolute Gasteiger partial charge is 0.465 e. The summed E-state index contributed by atoms with van der Waals surface area (Å²) in [5.74, 6) is -1.02. The number of carboxylic acid groups (broad SMARTS) is 1. The number of carbonyl (C=O) groups excluding carboxylic acids is 3. The molecule has 0 aliphatic rings. The molecule has 0 unspecified atom stereocenters. The number of alkyl carbamates (subject to hydrolysis) is 1. The molecular weight excluding hydrogens is 723 g/mol. The fourth-order valence-corrected chi connectivity index (χ4v) is 6.88. The van der Waals surface area contributed by atoms with E-state index in [0.29, 0.717) is 6.42 Å². The van der Waals surface area contributed by atoms with Crippen molar-refractivity contribution in [3.8, 4) is 11.3 Å². The minimum atomic E-state index is -1.25. The summed E-state index contributed by atoms with van der Waals surface area (Å²) in [5, 5.41) is 31.3. The summed E-state index contributed by atoms with van der Waals surface area (Å²) < 4.78 is 4.82. The molecule has 57 heavy (non-hydrogen) atoms. The zero-order valence-electron chi connectivity index (χ0n) is 33.9. The number of aliphatic hydroxyl groups excluding tert-OH is 1. The molecular formula is C45H57N5O7. The van der Waals surface area contributed by atoms with Crippen LogP contribution in [-0.2, 0) is 33.7 Å². The van der Waals surface area contributed by atoms with Gasteiger partial charge in [-0.3, -0.25) is 19.5 Å². The molecule has 1 aromatic heterocycles. The first-order valence-electron chi connectivity index (χ1n) is 19.2. The molecule has 304 valence electrons. The molecule has 5 atom stereocenters. The van der Waals surface area contributed by atoms with E-state index in [1.165, 1.54) is 7.11 Å². The van der Waals surface area contributed by atoms with Crippen LogP contribution in [0.15, 0.2) is 109 Å². The van der Waals surface area contributed by atoms with Crippen LogP contribution in [0.5, 0.6) is 0 Å². The van der Waals surface area contributed by atoms with Crippen molar-refractivity contribution < 1.29 is 34.1 Å². The zero-order chi connectivity index (χ0) is 41.8. The second-order valence-electron chi connectivity index (χ2n) is 16.5. The van der Waals surface area contributed by atoms with Gasteiger partial charge in [-0.1, -0.05) is 133 Å². The molecule has 4 rings (SSSR count). The van der Waals surface area contributed by atoms with E-state index in [2.05, 4.69) is 20.9 Å². The van der Waals surface area contributed by atoms with Crippen molar-refractivity contribution in [1.82, 2.24) is 25.8 Å². The van der Waals surface area contributed by atoms with Crippen molar-refractivity contribution in [2.24, 2.45) is 10.8 Å². The van der Waals surface area contributed by atoms with Gasteiger partial charge in [0.05, 0.1) is 24.9 Å². The van der Waals surface area contributed by atoms with E-state index in [4.69, 9.17) is 4.74 Å². The maximum Gasteiger partial charge on any atom is 0.408 e. The van der Waals surface area contributed by atoms with Crippen LogP contribution >= 0.6 is 0 Å². The third-order valence-electron chi connectivity index (χ3n) is 9.76. The Morgan fingerprint density at radius 3 is 1.81 bits per heavy atom. The van der Waals surface area contributed by atoms with Gasteiger partial charge in [0.1, 0.15) is 12.1 Å². The Bertz CT molecular complexity index is 1900. The number of hydrogen-bond acceptors (Lipinski definition) is 7. The predicted octanol–water partition coefficient (Wildman–Crippen LogP) is 6.62. The number of methoxy groups -OCH3 is 1. The van der Waals surface area contributed by atoms with Gasteiger partial charge in [-0.15, -0.1) is 0 Å². The molecule has 0 aliphatic carbocycles. The second kappa shape index (κ2) is 19.9. The number of hydrogen-bond donors (Lipinski definition) is 5. The van der Waals surface area contributed by atoms with E-state index in [1.54, 1.807) is 39.1 Å². The minimum Gasteiger partial charge on any atom is -0.465 e. The standard InChI is InChI=1S/C45H57N5O7/c1-44(2,3)38(49-42(54)57-7)40(52)47-34(26-31-21-23-33(24-22-31)35-20-14-15-25-46-35)28-37(51)36(27-30-16-10-8-11-17-30)48-41(53)39(45(4,5)6)50(43(55)56)29-32-18-12-9-13-19-32/h8-25,34,36-39,51H,26-29H2,1-7H3,(H,47,52)(H,48,53)(H,49,54)(H,55,56)/t34-,36-,37-,38+,39+/m0/s1. The zero-order valence-corrected chi connectivity index (χ0v) is 33.9. The van der Waals surface area contributed by atoms with Crippen LogP contribution < -0.4 is 16.0 Å². The van der Waals surface area contributed by atoms with Crippen LogP contribution in [0.3, 0.4) is 0 Å². The molecule has 0 bridgehead atoms. The quantitative estimate of drug-likeness (QED) is 0.0845. The Morgan fingerprint density at radius 1 is 0.702 bits per heavy atom. The fraction of sp³-hybridized carbons (Fsp3) is 0.400. The molecule has 0 radical (unpaired) electrons. The summed E-state index contributed by atoms with van der Waals surface area (Å²) >= 11 is 0. The Balaban J connectivity index is 1.68. The van der Waals surface area contributed by atoms with Gasteiger partial charge >= 0.3 is 12.2 Å². The second-order valence-corrected chi connectivity index (χ2v) is 16.5. The van der Waals surface area contributed by atoms with E-state index >= 15 is 0 Å². The van der Waals surface area contributed by atoms with E-state index in [9.17, 15) is 29.4 Å². The maximum absolute atomic E-state index is 14.4. The number of rotatable bonds is 16. The van der Waals surface area contributed by atoms with Gasteiger partial charge in [-0.25, -0.2) is 9.59 Å². The van der Waals surface area contributed by atoms with Crippen LogP contribution in [0, 0.1) is 10.8 Å². The molecule has 12 nitrogen and oxygen atoms in total. The lowest BCUT2D eigenvalue weighted by molar-refractivity contribution is -0.132. The summed E-state index contributed by atoms with van der Waals surface area (Å²) in [6.45, 7) is 10.9. The van der Waals surface area contributed by atoms with Crippen LogP contribution in [0.4, 0.5) is 9.59 Å². The summed E-state index contributed by atoms with van der Waals surface area (Å²) in [7, 11) is 1.23. The summed E-state index contributed by atoms with van der Waals surface area (Å²) in [6, 6.07) is 28.2. The Labute approximate surface area is 336 Å². The molecule has 0 saturated heterocycles. The van der Waals surface area contributed by atoms with Crippen LogP contribution in [0.1, 0.15) is 64.7 Å².